The monoisotopic (exact) mass is 298 g/mol. The highest BCUT2D eigenvalue weighted by Gasteiger charge is 2.39. The largest absolute Gasteiger partial charge is 0.481 e. The number of alkyl halides is 3. The van der Waals surface area contributed by atoms with Crippen molar-refractivity contribution in [2.45, 2.75) is 37.4 Å². The average molecular weight is 298 g/mol. The maximum atomic E-state index is 12.7. The van der Waals surface area contributed by atoms with Crippen LogP contribution in [0, 0.1) is 11.3 Å². The molecule has 21 heavy (non-hydrogen) atoms. The van der Waals surface area contributed by atoms with Gasteiger partial charge in [-0.05, 0) is 37.5 Å². The third-order valence-electron chi connectivity index (χ3n) is 3.66. The molecule has 2 N–H and O–H groups in total. The van der Waals surface area contributed by atoms with Crippen molar-refractivity contribution in [3.63, 3.8) is 0 Å². The van der Waals surface area contributed by atoms with Crippen LogP contribution in [0.2, 0.25) is 0 Å². The van der Waals surface area contributed by atoms with Crippen LogP contribution in [0.5, 0.6) is 0 Å². The van der Waals surface area contributed by atoms with E-state index in [2.05, 4.69) is 5.32 Å². The van der Waals surface area contributed by atoms with Gasteiger partial charge in [-0.2, -0.15) is 18.4 Å². The third-order valence-corrected chi connectivity index (χ3v) is 3.66. The zero-order valence-electron chi connectivity index (χ0n) is 11.0. The molecule has 1 aromatic rings. The molecule has 0 radical (unpaired) electrons. The maximum Gasteiger partial charge on any atom is 0.417 e. The van der Waals surface area contributed by atoms with Crippen LogP contribution >= 0.6 is 0 Å². The fraction of sp³-hybridized carbons (Fsp3) is 0.429. The Morgan fingerprint density at radius 1 is 1.43 bits per heavy atom. The second-order valence-electron chi connectivity index (χ2n) is 5.20. The van der Waals surface area contributed by atoms with Crippen molar-refractivity contribution in [2.75, 3.05) is 5.32 Å². The molecule has 1 aliphatic rings. The van der Waals surface area contributed by atoms with Gasteiger partial charge < -0.3 is 10.4 Å². The van der Waals surface area contributed by atoms with E-state index in [-0.39, 0.29) is 6.42 Å². The Balaban J connectivity index is 2.26. The Kier molecular flexibility index (Phi) is 3.81. The predicted octanol–water partition coefficient (Wildman–Crippen LogP) is 3.39. The minimum Gasteiger partial charge on any atom is -0.481 e. The second kappa shape index (κ2) is 5.28. The summed E-state index contributed by atoms with van der Waals surface area (Å²) in [7, 11) is 0. The van der Waals surface area contributed by atoms with Crippen molar-refractivity contribution in [2.24, 2.45) is 0 Å². The quantitative estimate of drug-likeness (QED) is 0.893. The van der Waals surface area contributed by atoms with Gasteiger partial charge in [0.1, 0.15) is 0 Å². The van der Waals surface area contributed by atoms with Crippen molar-refractivity contribution in [3.05, 3.63) is 29.3 Å². The standard InChI is InChI=1S/C14H13F3N2O2/c15-14(16,17)11-3-2-10(6-9(11)8-18)19-13(4-1-5-13)7-12(20)21/h2-3,6,19H,1,4-5,7H2,(H,20,21). The highest BCUT2D eigenvalue weighted by molar-refractivity contribution is 5.70. The number of carbonyl (C=O) groups is 1. The molecule has 112 valence electrons. The first kappa shape index (κ1) is 15.2. The van der Waals surface area contributed by atoms with Gasteiger partial charge in [-0.3, -0.25) is 4.79 Å². The lowest BCUT2D eigenvalue weighted by Crippen LogP contribution is -2.46. The number of nitrogens with zero attached hydrogens (tertiary/aromatic N) is 1. The summed E-state index contributed by atoms with van der Waals surface area (Å²) < 4.78 is 38.1. The van der Waals surface area contributed by atoms with Crippen molar-refractivity contribution in [1.82, 2.24) is 0 Å². The van der Waals surface area contributed by atoms with Crippen LogP contribution in [0.4, 0.5) is 18.9 Å². The van der Waals surface area contributed by atoms with Gasteiger partial charge in [0.2, 0.25) is 0 Å². The van der Waals surface area contributed by atoms with Crippen molar-refractivity contribution in [1.29, 1.82) is 5.26 Å². The van der Waals surface area contributed by atoms with E-state index < -0.39 is 28.8 Å². The van der Waals surface area contributed by atoms with Gasteiger partial charge in [0.15, 0.2) is 0 Å². The summed E-state index contributed by atoms with van der Waals surface area (Å²) >= 11 is 0. The lowest BCUT2D eigenvalue weighted by atomic mass is 9.74. The Hall–Kier alpha value is -2.23. The smallest absolute Gasteiger partial charge is 0.417 e. The number of nitriles is 1. The van der Waals surface area contributed by atoms with E-state index in [9.17, 15) is 18.0 Å². The van der Waals surface area contributed by atoms with Crippen LogP contribution in [0.15, 0.2) is 18.2 Å². The third kappa shape index (κ3) is 3.27. The molecule has 7 heteroatoms. The number of carboxylic acid groups (broad SMARTS) is 1. The second-order valence-corrected chi connectivity index (χ2v) is 5.20. The molecule has 0 heterocycles. The Labute approximate surface area is 119 Å². The summed E-state index contributed by atoms with van der Waals surface area (Å²) in [5.41, 5.74) is -1.76. The molecule has 1 saturated carbocycles. The number of benzene rings is 1. The SMILES string of the molecule is N#Cc1cc(NC2(CC(=O)O)CCC2)ccc1C(F)(F)F. The first-order chi connectivity index (χ1) is 9.76. The van der Waals surface area contributed by atoms with Crippen molar-refractivity contribution < 1.29 is 23.1 Å². The molecule has 1 fully saturated rings. The van der Waals surface area contributed by atoms with Crippen LogP contribution in [0.1, 0.15) is 36.8 Å². The highest BCUT2D eigenvalue weighted by Crippen LogP contribution is 2.39. The summed E-state index contributed by atoms with van der Waals surface area (Å²) in [5.74, 6) is -0.963. The van der Waals surface area contributed by atoms with E-state index in [0.717, 1.165) is 18.6 Å². The molecule has 0 unspecified atom stereocenters. The van der Waals surface area contributed by atoms with Gasteiger partial charge in [-0.25, -0.2) is 0 Å². The first-order valence-electron chi connectivity index (χ1n) is 6.37. The highest BCUT2D eigenvalue weighted by atomic mass is 19.4. The van der Waals surface area contributed by atoms with E-state index in [1.165, 1.54) is 12.1 Å². The minimum atomic E-state index is -4.58. The predicted molar refractivity (Wildman–Crippen MR) is 68.6 cm³/mol. The normalized spacial score (nSPS) is 16.7. The summed E-state index contributed by atoms with van der Waals surface area (Å²) in [5, 5.41) is 20.7. The fourth-order valence-electron chi connectivity index (χ4n) is 2.51. The number of carboxylic acids is 1. The molecule has 0 aliphatic heterocycles. The Morgan fingerprint density at radius 3 is 2.52 bits per heavy atom. The molecule has 4 nitrogen and oxygen atoms in total. The summed E-state index contributed by atoms with van der Waals surface area (Å²) in [4.78, 5) is 10.9. The minimum absolute atomic E-state index is 0.101. The van der Waals surface area contributed by atoms with Crippen LogP contribution < -0.4 is 5.32 Å². The molecule has 0 atom stereocenters. The molecule has 1 aliphatic carbocycles. The molecule has 0 saturated heterocycles. The molecule has 0 spiro atoms. The molecule has 0 amide bonds. The molecule has 0 aromatic heterocycles. The zero-order chi connectivity index (χ0) is 15.7. The van der Waals surface area contributed by atoms with Gasteiger partial charge in [0.05, 0.1) is 23.6 Å². The van der Waals surface area contributed by atoms with E-state index in [1.807, 2.05) is 0 Å². The number of anilines is 1. The molecule has 0 bridgehead atoms. The van der Waals surface area contributed by atoms with Gasteiger partial charge in [0.25, 0.3) is 0 Å². The lowest BCUT2D eigenvalue weighted by molar-refractivity contribution is -0.139. The summed E-state index contributed by atoms with van der Waals surface area (Å²) in [6.45, 7) is 0. The zero-order valence-corrected chi connectivity index (χ0v) is 11.0. The number of nitrogens with one attached hydrogen (secondary N) is 1. The molecule has 2 rings (SSSR count). The number of aliphatic carboxylic acids is 1. The Morgan fingerprint density at radius 2 is 2.10 bits per heavy atom. The molecular weight excluding hydrogens is 285 g/mol. The topological polar surface area (TPSA) is 73.1 Å². The molecule has 1 aromatic carbocycles. The van der Waals surface area contributed by atoms with Crippen LogP contribution in [-0.2, 0) is 11.0 Å². The first-order valence-corrected chi connectivity index (χ1v) is 6.37. The van der Waals surface area contributed by atoms with Gasteiger partial charge in [-0.15, -0.1) is 0 Å². The number of halogens is 3. The van der Waals surface area contributed by atoms with Gasteiger partial charge in [0, 0.05) is 11.2 Å². The average Bonchev–Trinajstić information content (AvgIpc) is 2.34. The van der Waals surface area contributed by atoms with Crippen LogP contribution in [0.3, 0.4) is 0 Å². The summed E-state index contributed by atoms with van der Waals surface area (Å²) in [6.07, 6.45) is -2.54. The van der Waals surface area contributed by atoms with Crippen LogP contribution in [0.25, 0.3) is 0 Å². The van der Waals surface area contributed by atoms with E-state index in [0.29, 0.717) is 18.5 Å². The van der Waals surface area contributed by atoms with Crippen LogP contribution in [-0.4, -0.2) is 16.6 Å². The number of hydrogen-bond acceptors (Lipinski definition) is 3. The van der Waals surface area contributed by atoms with E-state index in [4.69, 9.17) is 10.4 Å². The number of rotatable bonds is 4. The van der Waals surface area contributed by atoms with E-state index >= 15 is 0 Å². The van der Waals surface area contributed by atoms with Gasteiger partial charge >= 0.3 is 12.1 Å². The number of hydrogen-bond donors (Lipinski definition) is 2. The van der Waals surface area contributed by atoms with Gasteiger partial charge in [-0.1, -0.05) is 0 Å². The fourth-order valence-corrected chi connectivity index (χ4v) is 2.51. The Bertz CT molecular complexity index is 601. The molecular formula is C14H13F3N2O2. The van der Waals surface area contributed by atoms with Crippen molar-refractivity contribution in [3.8, 4) is 6.07 Å². The maximum absolute atomic E-state index is 12.7. The summed E-state index contributed by atoms with van der Waals surface area (Å²) in [6, 6.07) is 4.71. The lowest BCUT2D eigenvalue weighted by Gasteiger charge is -2.42. The van der Waals surface area contributed by atoms with Crippen molar-refractivity contribution >= 4 is 11.7 Å². The van der Waals surface area contributed by atoms with E-state index in [1.54, 1.807) is 0 Å².